The van der Waals surface area contributed by atoms with Crippen LogP contribution < -0.4 is 0 Å². The van der Waals surface area contributed by atoms with E-state index in [1.54, 1.807) is 39.3 Å². The van der Waals surface area contributed by atoms with E-state index in [9.17, 15) is 14.0 Å². The molecule has 0 radical (unpaired) electrons. The van der Waals surface area contributed by atoms with Crippen LogP contribution in [0.15, 0.2) is 53.2 Å². The fraction of sp³-hybridized carbons (Fsp3) is 0.333. The Balaban J connectivity index is 1.81. The Morgan fingerprint density at radius 2 is 1.71 bits per heavy atom. The van der Waals surface area contributed by atoms with Crippen molar-refractivity contribution in [3.05, 3.63) is 79.9 Å². The average Bonchev–Trinajstić information content (AvgIpc) is 3.40. The van der Waals surface area contributed by atoms with E-state index in [1.807, 2.05) is 43.7 Å². The SMILES string of the molecule is Cc1ccsc1CN(Cc1ccc(F)cc1)C(=O)CN(CC(C)C)C(=O)c1cccs1. The highest BCUT2D eigenvalue weighted by Crippen LogP contribution is 2.20. The predicted octanol–water partition coefficient (Wildman–Crippen LogP) is 5.58. The fourth-order valence-corrected chi connectivity index (χ4v) is 4.87. The molecule has 0 bridgehead atoms. The summed E-state index contributed by atoms with van der Waals surface area (Å²) in [5, 5.41) is 3.87. The van der Waals surface area contributed by atoms with Gasteiger partial charge in [-0.05, 0) is 59.0 Å². The molecule has 0 N–H and O–H groups in total. The Kier molecular flexibility index (Phi) is 7.98. The highest BCUT2D eigenvalue weighted by molar-refractivity contribution is 7.12. The van der Waals surface area contributed by atoms with Crippen molar-refractivity contribution in [1.82, 2.24) is 9.80 Å². The zero-order chi connectivity index (χ0) is 22.4. The molecule has 1 aromatic carbocycles. The molecule has 0 atom stereocenters. The largest absolute Gasteiger partial charge is 0.332 e. The van der Waals surface area contributed by atoms with E-state index in [4.69, 9.17) is 0 Å². The van der Waals surface area contributed by atoms with Crippen molar-refractivity contribution >= 4 is 34.5 Å². The van der Waals surface area contributed by atoms with Gasteiger partial charge < -0.3 is 9.80 Å². The first-order chi connectivity index (χ1) is 14.8. The van der Waals surface area contributed by atoms with Crippen LogP contribution in [0.2, 0.25) is 0 Å². The number of halogens is 1. The van der Waals surface area contributed by atoms with Crippen molar-refractivity contribution in [2.45, 2.75) is 33.9 Å². The highest BCUT2D eigenvalue weighted by atomic mass is 32.1. The van der Waals surface area contributed by atoms with Crippen LogP contribution in [-0.2, 0) is 17.9 Å². The van der Waals surface area contributed by atoms with Crippen LogP contribution in [0.1, 0.15) is 39.5 Å². The van der Waals surface area contributed by atoms with E-state index in [-0.39, 0.29) is 30.1 Å². The van der Waals surface area contributed by atoms with Crippen LogP contribution in [0.25, 0.3) is 0 Å². The highest BCUT2D eigenvalue weighted by Gasteiger charge is 2.24. The number of rotatable bonds is 9. The topological polar surface area (TPSA) is 40.6 Å². The number of hydrogen-bond acceptors (Lipinski definition) is 4. The van der Waals surface area contributed by atoms with Gasteiger partial charge in [0, 0.05) is 18.0 Å². The summed E-state index contributed by atoms with van der Waals surface area (Å²) in [4.78, 5) is 31.5. The maximum Gasteiger partial charge on any atom is 0.264 e. The minimum Gasteiger partial charge on any atom is -0.332 e. The lowest BCUT2D eigenvalue weighted by Gasteiger charge is -2.28. The molecule has 0 spiro atoms. The quantitative estimate of drug-likeness (QED) is 0.420. The van der Waals surface area contributed by atoms with Crippen molar-refractivity contribution in [1.29, 1.82) is 0 Å². The molecule has 0 aliphatic carbocycles. The lowest BCUT2D eigenvalue weighted by molar-refractivity contribution is -0.133. The van der Waals surface area contributed by atoms with Crippen molar-refractivity contribution < 1.29 is 14.0 Å². The molecule has 7 heteroatoms. The number of hydrogen-bond donors (Lipinski definition) is 0. The van der Waals surface area contributed by atoms with Gasteiger partial charge in [0.15, 0.2) is 0 Å². The van der Waals surface area contributed by atoms with Gasteiger partial charge in [-0.2, -0.15) is 0 Å². The van der Waals surface area contributed by atoms with Gasteiger partial charge in [-0.25, -0.2) is 4.39 Å². The number of carbonyl (C=O) groups is 2. The Hall–Kier alpha value is -2.51. The van der Waals surface area contributed by atoms with Crippen LogP contribution in [0.4, 0.5) is 4.39 Å². The third-order valence-corrected chi connectivity index (χ3v) is 6.74. The molecule has 4 nitrogen and oxygen atoms in total. The molecule has 164 valence electrons. The monoisotopic (exact) mass is 458 g/mol. The molecule has 0 saturated carbocycles. The van der Waals surface area contributed by atoms with Crippen LogP contribution in [-0.4, -0.2) is 34.7 Å². The lowest BCUT2D eigenvalue weighted by atomic mass is 10.1. The Morgan fingerprint density at radius 3 is 2.29 bits per heavy atom. The first kappa shape index (κ1) is 23.2. The van der Waals surface area contributed by atoms with Gasteiger partial charge in [-0.3, -0.25) is 9.59 Å². The summed E-state index contributed by atoms with van der Waals surface area (Å²) in [6.07, 6.45) is 0. The van der Waals surface area contributed by atoms with Gasteiger partial charge in [0.2, 0.25) is 5.91 Å². The number of nitrogens with zero attached hydrogens (tertiary/aromatic N) is 2. The van der Waals surface area contributed by atoms with Crippen molar-refractivity contribution in [2.24, 2.45) is 5.92 Å². The van der Waals surface area contributed by atoms with Gasteiger partial charge in [0.05, 0.1) is 11.4 Å². The molecule has 31 heavy (non-hydrogen) atoms. The van der Waals surface area contributed by atoms with E-state index in [0.29, 0.717) is 24.5 Å². The first-order valence-corrected chi connectivity index (χ1v) is 12.0. The van der Waals surface area contributed by atoms with Crippen LogP contribution in [0.3, 0.4) is 0 Å². The molecule has 0 aliphatic rings. The minimum absolute atomic E-state index is 0.0144. The standard InChI is InChI=1S/C24H27FN2O2S2/c1-17(2)13-27(24(29)21-5-4-11-30-21)16-23(28)26(15-22-18(3)10-12-31-22)14-19-6-8-20(25)9-7-19/h4-12,17H,13-16H2,1-3H3. The summed E-state index contributed by atoms with van der Waals surface area (Å²) in [6, 6.07) is 11.9. The van der Waals surface area contributed by atoms with Crippen LogP contribution in [0.5, 0.6) is 0 Å². The van der Waals surface area contributed by atoms with Gasteiger partial charge in [0.1, 0.15) is 12.4 Å². The molecule has 0 fully saturated rings. The van der Waals surface area contributed by atoms with Crippen molar-refractivity contribution in [2.75, 3.05) is 13.1 Å². The van der Waals surface area contributed by atoms with E-state index in [2.05, 4.69) is 0 Å². The molecule has 0 unspecified atom stereocenters. The number of carbonyl (C=O) groups excluding carboxylic acids is 2. The first-order valence-electron chi connectivity index (χ1n) is 10.2. The van der Waals surface area contributed by atoms with E-state index < -0.39 is 0 Å². The van der Waals surface area contributed by atoms with Gasteiger partial charge in [-0.15, -0.1) is 22.7 Å². The fourth-order valence-electron chi connectivity index (χ4n) is 3.26. The molecular weight excluding hydrogens is 431 g/mol. The summed E-state index contributed by atoms with van der Waals surface area (Å²) < 4.78 is 13.3. The van der Waals surface area contributed by atoms with Crippen molar-refractivity contribution in [3.63, 3.8) is 0 Å². The number of benzene rings is 1. The average molecular weight is 459 g/mol. The molecule has 3 rings (SSSR count). The second-order valence-electron chi connectivity index (χ2n) is 7.96. The molecular formula is C24H27FN2O2S2. The van der Waals surface area contributed by atoms with Gasteiger partial charge in [0.25, 0.3) is 5.91 Å². The zero-order valence-corrected chi connectivity index (χ0v) is 19.6. The maximum atomic E-state index is 13.4. The molecule has 3 aromatic rings. The second kappa shape index (κ2) is 10.7. The predicted molar refractivity (Wildman–Crippen MR) is 125 cm³/mol. The smallest absolute Gasteiger partial charge is 0.264 e. The summed E-state index contributed by atoms with van der Waals surface area (Å²) in [6.45, 7) is 7.43. The number of aryl methyl sites for hydroxylation is 1. The third-order valence-electron chi connectivity index (χ3n) is 4.87. The minimum atomic E-state index is -0.305. The maximum absolute atomic E-state index is 13.4. The summed E-state index contributed by atoms with van der Waals surface area (Å²) in [5.74, 6) is -0.309. The molecule has 0 saturated heterocycles. The summed E-state index contributed by atoms with van der Waals surface area (Å²) in [5.41, 5.74) is 1.99. The van der Waals surface area contributed by atoms with Crippen LogP contribution >= 0.6 is 22.7 Å². The Labute approximate surface area is 190 Å². The summed E-state index contributed by atoms with van der Waals surface area (Å²) >= 11 is 2.99. The van der Waals surface area contributed by atoms with Crippen molar-refractivity contribution in [3.8, 4) is 0 Å². The third kappa shape index (κ3) is 6.48. The lowest BCUT2D eigenvalue weighted by Crippen LogP contribution is -2.43. The number of thiophene rings is 2. The van der Waals surface area contributed by atoms with E-state index in [0.717, 1.165) is 16.0 Å². The summed E-state index contributed by atoms with van der Waals surface area (Å²) in [7, 11) is 0. The van der Waals surface area contributed by atoms with Crippen LogP contribution in [0, 0.1) is 18.7 Å². The normalized spacial score (nSPS) is 11.0. The van der Waals surface area contributed by atoms with Gasteiger partial charge >= 0.3 is 0 Å². The molecule has 2 amide bonds. The molecule has 2 heterocycles. The molecule has 0 aliphatic heterocycles. The number of amides is 2. The zero-order valence-electron chi connectivity index (χ0n) is 18.0. The van der Waals surface area contributed by atoms with E-state index in [1.165, 1.54) is 23.5 Å². The van der Waals surface area contributed by atoms with E-state index >= 15 is 0 Å². The Morgan fingerprint density at radius 1 is 0.968 bits per heavy atom. The molecule has 2 aromatic heterocycles. The Bertz CT molecular complexity index is 997. The van der Waals surface area contributed by atoms with Gasteiger partial charge in [-0.1, -0.05) is 32.0 Å². The second-order valence-corrected chi connectivity index (χ2v) is 9.91.